The van der Waals surface area contributed by atoms with Crippen LogP contribution in [0.2, 0.25) is 0 Å². The van der Waals surface area contributed by atoms with Crippen LogP contribution in [0.4, 0.5) is 5.69 Å². The number of benzene rings is 1. The molecule has 1 fully saturated rings. The van der Waals surface area contributed by atoms with Crippen LogP contribution in [0.5, 0.6) is 5.75 Å². The summed E-state index contributed by atoms with van der Waals surface area (Å²) in [6.45, 7) is 1.61. The average molecular weight is 272 g/mol. The predicted octanol–water partition coefficient (Wildman–Crippen LogP) is 0.289. The molecule has 1 aromatic carbocycles. The Labute approximate surface area is 106 Å². The van der Waals surface area contributed by atoms with Gasteiger partial charge in [-0.25, -0.2) is 13.1 Å². The number of nitrogens with two attached hydrogens (primary N) is 1. The maximum absolute atomic E-state index is 12.0. The molecule has 6 nitrogen and oxygen atoms in total. The van der Waals surface area contributed by atoms with Crippen molar-refractivity contribution < 1.29 is 18.3 Å². The van der Waals surface area contributed by atoms with Gasteiger partial charge in [0.2, 0.25) is 10.0 Å². The smallest absolute Gasteiger partial charge is 0.240 e. The van der Waals surface area contributed by atoms with Gasteiger partial charge < -0.3 is 15.6 Å². The molecule has 0 aromatic heterocycles. The summed E-state index contributed by atoms with van der Waals surface area (Å²) in [4.78, 5) is 0.0525. The molecule has 2 rings (SSSR count). The van der Waals surface area contributed by atoms with Crippen molar-refractivity contribution in [3.63, 3.8) is 0 Å². The highest BCUT2D eigenvalue weighted by atomic mass is 32.2. The van der Waals surface area contributed by atoms with Crippen molar-refractivity contribution in [3.05, 3.63) is 18.2 Å². The zero-order chi connectivity index (χ0) is 13.2. The fourth-order valence-corrected chi connectivity index (χ4v) is 2.91. The molecule has 1 heterocycles. The monoisotopic (exact) mass is 272 g/mol. The molecular weight excluding hydrogens is 256 g/mol. The molecule has 4 N–H and O–H groups in total. The van der Waals surface area contributed by atoms with Crippen molar-refractivity contribution in [2.75, 3.05) is 25.5 Å². The Bertz CT molecular complexity index is 524. The summed E-state index contributed by atoms with van der Waals surface area (Å²) in [7, 11) is -3.58. The third kappa shape index (κ3) is 2.92. The highest BCUT2D eigenvalue weighted by molar-refractivity contribution is 7.89. The number of phenolic OH excluding ortho intramolecular Hbond substituents is 1. The molecule has 100 valence electrons. The van der Waals surface area contributed by atoms with Gasteiger partial charge in [-0.05, 0) is 30.5 Å². The molecule has 0 radical (unpaired) electrons. The summed E-state index contributed by atoms with van der Waals surface area (Å²) >= 11 is 0. The first-order valence-electron chi connectivity index (χ1n) is 5.65. The number of sulfonamides is 1. The third-order valence-electron chi connectivity index (χ3n) is 2.90. The van der Waals surface area contributed by atoms with Gasteiger partial charge in [-0.3, -0.25) is 0 Å². The van der Waals surface area contributed by atoms with Crippen LogP contribution in [-0.2, 0) is 14.8 Å². The maximum atomic E-state index is 12.0. The van der Waals surface area contributed by atoms with Gasteiger partial charge >= 0.3 is 0 Å². The average Bonchev–Trinajstić information content (AvgIpc) is 2.83. The van der Waals surface area contributed by atoms with Crippen molar-refractivity contribution in [3.8, 4) is 5.75 Å². The van der Waals surface area contributed by atoms with E-state index in [4.69, 9.17) is 10.5 Å². The number of phenols is 1. The molecule has 1 saturated heterocycles. The van der Waals surface area contributed by atoms with E-state index in [0.717, 1.165) is 6.42 Å². The predicted molar refractivity (Wildman–Crippen MR) is 66.6 cm³/mol. The molecule has 7 heteroatoms. The molecule has 0 amide bonds. The zero-order valence-electron chi connectivity index (χ0n) is 9.80. The molecular formula is C11H16N2O4S. The minimum absolute atomic E-state index is 0.0436. The van der Waals surface area contributed by atoms with E-state index in [1.54, 1.807) is 0 Å². The second kappa shape index (κ2) is 5.13. The van der Waals surface area contributed by atoms with E-state index in [1.807, 2.05) is 0 Å². The van der Waals surface area contributed by atoms with Crippen LogP contribution in [-0.4, -0.2) is 33.3 Å². The lowest BCUT2D eigenvalue weighted by molar-refractivity contribution is 0.186. The van der Waals surface area contributed by atoms with E-state index in [0.29, 0.717) is 19.8 Å². The Morgan fingerprint density at radius 2 is 2.28 bits per heavy atom. The Morgan fingerprint density at radius 1 is 1.50 bits per heavy atom. The van der Waals surface area contributed by atoms with Crippen LogP contribution < -0.4 is 10.5 Å². The number of hydrogen-bond donors (Lipinski definition) is 3. The number of rotatable bonds is 4. The number of hydrogen-bond acceptors (Lipinski definition) is 5. The Kier molecular flexibility index (Phi) is 3.74. The summed E-state index contributed by atoms with van der Waals surface area (Å²) in [6.07, 6.45) is 0.861. The van der Waals surface area contributed by atoms with Gasteiger partial charge in [0.05, 0.1) is 17.2 Å². The number of nitrogen functional groups attached to an aromatic ring is 1. The highest BCUT2D eigenvalue weighted by Gasteiger charge is 2.20. The van der Waals surface area contributed by atoms with E-state index < -0.39 is 10.0 Å². The van der Waals surface area contributed by atoms with Crippen LogP contribution in [0.1, 0.15) is 6.42 Å². The van der Waals surface area contributed by atoms with Crippen LogP contribution >= 0.6 is 0 Å². The molecule has 0 saturated carbocycles. The van der Waals surface area contributed by atoms with Crippen molar-refractivity contribution in [1.82, 2.24) is 4.72 Å². The van der Waals surface area contributed by atoms with Crippen molar-refractivity contribution in [2.24, 2.45) is 5.92 Å². The van der Waals surface area contributed by atoms with Crippen molar-refractivity contribution in [1.29, 1.82) is 0 Å². The van der Waals surface area contributed by atoms with Gasteiger partial charge in [0, 0.05) is 13.2 Å². The van der Waals surface area contributed by atoms with Crippen LogP contribution in [0.15, 0.2) is 23.1 Å². The summed E-state index contributed by atoms with van der Waals surface area (Å²) in [5, 5.41) is 9.26. The molecule has 1 aliphatic rings. The minimum Gasteiger partial charge on any atom is -0.506 e. The van der Waals surface area contributed by atoms with E-state index in [1.165, 1.54) is 18.2 Å². The Balaban J connectivity index is 2.07. The van der Waals surface area contributed by atoms with Crippen LogP contribution in [0.3, 0.4) is 0 Å². The number of anilines is 1. The standard InChI is InChI=1S/C11H16N2O4S/c12-10-5-9(1-2-11(10)14)18(15,16)13-6-8-3-4-17-7-8/h1-2,5,8,13-14H,3-4,6-7,12H2. The van der Waals surface area contributed by atoms with Crippen molar-refractivity contribution in [2.45, 2.75) is 11.3 Å². The minimum atomic E-state index is -3.58. The topological polar surface area (TPSA) is 102 Å². The quantitative estimate of drug-likeness (QED) is 0.540. The molecule has 0 spiro atoms. The first-order valence-corrected chi connectivity index (χ1v) is 7.13. The lowest BCUT2D eigenvalue weighted by Crippen LogP contribution is -2.29. The van der Waals surface area contributed by atoms with E-state index in [-0.39, 0.29) is 22.3 Å². The largest absolute Gasteiger partial charge is 0.506 e. The summed E-state index contributed by atoms with van der Waals surface area (Å²) in [5.74, 6) is 0.0902. The van der Waals surface area contributed by atoms with Crippen LogP contribution in [0, 0.1) is 5.92 Å². The zero-order valence-corrected chi connectivity index (χ0v) is 10.6. The van der Waals surface area contributed by atoms with Gasteiger partial charge in [-0.1, -0.05) is 0 Å². The van der Waals surface area contributed by atoms with Gasteiger partial charge in [0.1, 0.15) is 5.75 Å². The summed E-state index contributed by atoms with van der Waals surface area (Å²) in [5.41, 5.74) is 5.52. The SMILES string of the molecule is Nc1cc(S(=O)(=O)NCC2CCOC2)ccc1O. The number of aromatic hydroxyl groups is 1. The lowest BCUT2D eigenvalue weighted by atomic mass is 10.1. The Hall–Kier alpha value is -1.31. The second-order valence-corrected chi connectivity index (χ2v) is 6.07. The van der Waals surface area contributed by atoms with Gasteiger partial charge in [0.15, 0.2) is 0 Å². The van der Waals surface area contributed by atoms with Gasteiger partial charge in [-0.2, -0.15) is 0 Å². The van der Waals surface area contributed by atoms with Crippen LogP contribution in [0.25, 0.3) is 0 Å². The van der Waals surface area contributed by atoms with E-state index in [2.05, 4.69) is 4.72 Å². The highest BCUT2D eigenvalue weighted by Crippen LogP contribution is 2.23. The third-order valence-corrected chi connectivity index (χ3v) is 4.32. The number of ether oxygens (including phenoxy) is 1. The first kappa shape index (κ1) is 13.1. The molecule has 0 bridgehead atoms. The second-order valence-electron chi connectivity index (χ2n) is 4.30. The normalized spacial score (nSPS) is 20.1. The fraction of sp³-hybridized carbons (Fsp3) is 0.455. The first-order chi connectivity index (χ1) is 8.49. The molecule has 1 atom stereocenters. The summed E-state index contributed by atoms with van der Waals surface area (Å²) < 4.78 is 31.6. The lowest BCUT2D eigenvalue weighted by Gasteiger charge is -2.11. The molecule has 1 aromatic rings. The molecule has 1 aliphatic heterocycles. The summed E-state index contributed by atoms with van der Waals surface area (Å²) in [6, 6.07) is 3.82. The van der Waals surface area contributed by atoms with E-state index >= 15 is 0 Å². The Morgan fingerprint density at radius 3 is 2.89 bits per heavy atom. The molecule has 18 heavy (non-hydrogen) atoms. The van der Waals surface area contributed by atoms with E-state index in [9.17, 15) is 13.5 Å². The van der Waals surface area contributed by atoms with Crippen molar-refractivity contribution >= 4 is 15.7 Å². The maximum Gasteiger partial charge on any atom is 0.240 e. The molecule has 0 aliphatic carbocycles. The molecule has 1 unspecified atom stereocenters. The fourth-order valence-electron chi connectivity index (χ4n) is 1.75. The van der Waals surface area contributed by atoms with Gasteiger partial charge in [-0.15, -0.1) is 0 Å². The number of nitrogens with one attached hydrogen (secondary N) is 1. The van der Waals surface area contributed by atoms with Gasteiger partial charge in [0.25, 0.3) is 0 Å².